The van der Waals surface area contributed by atoms with E-state index in [0.717, 1.165) is 31.5 Å². The molecule has 19 N–H and O–H groups in total. The number of benzene rings is 5. The van der Waals surface area contributed by atoms with E-state index in [2.05, 4.69) is 52.8 Å². The number of amides is 16. The van der Waals surface area contributed by atoms with Gasteiger partial charge in [0.25, 0.3) is 0 Å². The summed E-state index contributed by atoms with van der Waals surface area (Å²) in [5, 5.41) is 55.7. The normalized spacial score (nSPS) is 24.0. The predicted octanol–water partition coefficient (Wildman–Crippen LogP) is -2.13. The molecular formula is C91H115F3N18O22S. The first-order chi connectivity index (χ1) is 64.2. The molecule has 6 aromatic rings. The minimum absolute atomic E-state index is 0.00122. The number of aromatic nitrogens is 1. The van der Waals surface area contributed by atoms with Crippen molar-refractivity contribution in [2.24, 2.45) is 23.1 Å². The molecule has 728 valence electrons. The van der Waals surface area contributed by atoms with Gasteiger partial charge in [-0.05, 0) is 89.9 Å². The van der Waals surface area contributed by atoms with Gasteiger partial charge in [0.1, 0.15) is 84.3 Å². The molecule has 1 aromatic heterocycles. The molecule has 0 aliphatic carbocycles. The van der Waals surface area contributed by atoms with E-state index in [1.165, 1.54) is 59.3 Å². The number of phenols is 1. The number of carboxylic acid groups (broad SMARTS) is 1. The molecule has 3 aliphatic heterocycles. The number of nitrogens with two attached hydrogens (primary N) is 3. The quantitative estimate of drug-likeness (QED) is 0.0272. The van der Waals surface area contributed by atoms with Gasteiger partial charge in [-0.1, -0.05) is 105 Å². The number of aliphatic hydroxyl groups excluding tert-OH is 1. The molecule has 44 heteroatoms. The van der Waals surface area contributed by atoms with Crippen molar-refractivity contribution in [2.45, 2.75) is 176 Å². The monoisotopic (exact) mass is 1900 g/mol. The van der Waals surface area contributed by atoms with Crippen molar-refractivity contribution in [1.29, 1.82) is 0 Å². The molecule has 5 aromatic carbocycles. The summed E-state index contributed by atoms with van der Waals surface area (Å²) in [6, 6.07) is 6.85. The number of rotatable bonds is 25. The number of nitrogens with one attached hydrogen (secondary N) is 10. The largest absolute Gasteiger partial charge is 0.508 e. The summed E-state index contributed by atoms with van der Waals surface area (Å²) in [7, 11) is 4.76. The summed E-state index contributed by atoms with van der Waals surface area (Å²) >= 11 is 0.624. The number of methoxy groups -OCH3 is 1. The highest BCUT2D eigenvalue weighted by molar-refractivity contribution is 8.00. The van der Waals surface area contributed by atoms with Crippen LogP contribution in [0.15, 0.2) is 128 Å². The lowest BCUT2D eigenvalue weighted by Gasteiger charge is -2.38. The molecule has 3 saturated heterocycles. The zero-order valence-corrected chi connectivity index (χ0v) is 76.1. The van der Waals surface area contributed by atoms with Gasteiger partial charge in [0.05, 0.1) is 38.0 Å². The van der Waals surface area contributed by atoms with Crippen molar-refractivity contribution < 1.29 is 119 Å². The zero-order valence-electron chi connectivity index (χ0n) is 75.2. The van der Waals surface area contributed by atoms with Crippen molar-refractivity contribution >= 4 is 123 Å². The number of morpholine rings is 1. The molecule has 3 aliphatic rings. The second-order valence-corrected chi connectivity index (χ2v) is 34.6. The van der Waals surface area contributed by atoms with Crippen molar-refractivity contribution in [3.63, 3.8) is 0 Å². The van der Waals surface area contributed by atoms with Crippen LogP contribution in [-0.2, 0) is 123 Å². The number of phenolic OH excluding ortho intramolecular Hbond substituents is 1. The van der Waals surface area contributed by atoms with Gasteiger partial charge in [-0.25, -0.2) is 13.2 Å². The van der Waals surface area contributed by atoms with Gasteiger partial charge in [-0.15, -0.1) is 11.8 Å². The summed E-state index contributed by atoms with van der Waals surface area (Å²) in [4.78, 5) is 258. The number of H-pyrrole nitrogens is 1. The van der Waals surface area contributed by atoms with Gasteiger partial charge in [0.15, 0.2) is 17.5 Å². The molecule has 3 fully saturated rings. The van der Waals surface area contributed by atoms with Crippen LogP contribution in [0.5, 0.6) is 5.75 Å². The van der Waals surface area contributed by atoms with Crippen molar-refractivity contribution in [1.82, 2.24) is 77.3 Å². The number of likely N-dealkylation sites (N-methyl/N-ethyl adjacent to an activating group) is 3. The van der Waals surface area contributed by atoms with E-state index in [-0.39, 0.29) is 70.6 Å². The Hall–Kier alpha value is -13.6. The fraction of sp³-hybridized carbons (Fsp3) is 0.462. The zero-order chi connectivity index (χ0) is 98.6. The second kappa shape index (κ2) is 49.9. The Morgan fingerprint density at radius 2 is 1.12 bits per heavy atom. The molecule has 0 bridgehead atoms. The standard InChI is InChI=1S/C91H115F3N18O22S/c1-49(2)78-91(132)109(4)69(38-50-16-9-7-10-17-50)84(125)102-62(27-28-73(96)115)88(129)111-31-33-134-46-72(111)86(127)104-64(40-54-43-98-60-21-14-13-20-57(54)60)82(123)103-63(36-52-23-25-55(113)26-24-52)81(122)101-61(22-15-30-95)80(121)106-67(79(120)99-44-74(97)116)47-135-48-75(117)100-66(37-53-34-58(92)77(94)59(93)35-53)87(128)110(5)71(39-51-18-11-8-12-19-51)89(130)108(3)68(29-32-133-6)90(131)112-45-56(114)41-70(112)85(126)105-65(42-76(118)119)83(124)107-78/h7-14,16-21,23-26,34-35,43,49,56,61-72,78,98,113-114H,15,22,27-33,36-42,44-48,95H2,1-6H3,(H2,96,115)(H2,97,116)(H,99,120)(H,100,117)(H,101,122)(H,102,125)(H,103,123)(H,104,127)(H,105,126)(H,106,121)(H,107,124)(H,118,119)/t56-,61-,62-,63-,64-,65-,66-,67-,68-,69-,70+,71-,72+,78-/m0/s1. The van der Waals surface area contributed by atoms with Crippen molar-refractivity contribution in [3.8, 4) is 5.75 Å². The van der Waals surface area contributed by atoms with Crippen LogP contribution in [0.4, 0.5) is 13.2 Å². The molecule has 0 spiro atoms. The Balaban J connectivity index is 1.14. The Morgan fingerprint density at radius 1 is 0.563 bits per heavy atom. The number of aromatic amines is 1. The molecule has 14 atom stereocenters. The molecule has 135 heavy (non-hydrogen) atoms. The van der Waals surface area contributed by atoms with Gasteiger partial charge in [0, 0.05) is 122 Å². The van der Waals surface area contributed by atoms with Crippen LogP contribution in [-0.4, -0.2) is 316 Å². The van der Waals surface area contributed by atoms with Gasteiger partial charge in [0.2, 0.25) is 94.5 Å². The number of ether oxygens (including phenoxy) is 2. The number of carbonyl (C=O) groups is 17. The first-order valence-corrected chi connectivity index (χ1v) is 44.9. The van der Waals surface area contributed by atoms with E-state index >= 15 is 51.9 Å². The van der Waals surface area contributed by atoms with E-state index in [1.54, 1.807) is 91.1 Å². The lowest BCUT2D eigenvalue weighted by molar-refractivity contribution is -0.153. The highest BCUT2D eigenvalue weighted by atomic mass is 32.2. The highest BCUT2D eigenvalue weighted by Gasteiger charge is 2.48. The average Bonchev–Trinajstić information content (AvgIpc) is 1.62. The smallest absolute Gasteiger partial charge is 0.305 e. The second-order valence-electron chi connectivity index (χ2n) is 33.5. The Kier molecular flexibility index (Phi) is 38.9. The molecule has 9 rings (SSSR count). The molecule has 16 amide bonds. The third-order valence-corrected chi connectivity index (χ3v) is 24.4. The van der Waals surface area contributed by atoms with Crippen LogP contribution in [0.25, 0.3) is 10.9 Å². The maximum absolute atomic E-state index is 15.7. The molecule has 0 radical (unpaired) electrons. The number of primary amides is 2. The molecule has 4 heterocycles. The molecule has 40 nitrogen and oxygen atoms in total. The van der Waals surface area contributed by atoms with Gasteiger partial charge in [-0.2, -0.15) is 0 Å². The first kappa shape index (κ1) is 105. The Bertz CT molecular complexity index is 5240. The first-order valence-electron chi connectivity index (χ1n) is 43.7. The van der Waals surface area contributed by atoms with Crippen LogP contribution >= 0.6 is 11.8 Å². The summed E-state index contributed by atoms with van der Waals surface area (Å²) in [5.74, 6) is -26.5. The number of aliphatic carboxylic acids is 1. The number of para-hydroxylation sites is 1. The van der Waals surface area contributed by atoms with Crippen LogP contribution in [0, 0.1) is 23.4 Å². The van der Waals surface area contributed by atoms with Crippen LogP contribution in [0.2, 0.25) is 0 Å². The van der Waals surface area contributed by atoms with E-state index in [9.17, 15) is 58.1 Å². The summed E-state index contributed by atoms with van der Waals surface area (Å²) in [6.07, 6.45) is -5.62. The molecule has 0 saturated carbocycles. The van der Waals surface area contributed by atoms with E-state index in [4.69, 9.17) is 26.7 Å². The maximum Gasteiger partial charge on any atom is 0.305 e. The van der Waals surface area contributed by atoms with Gasteiger partial charge >= 0.3 is 5.97 Å². The number of hydrogen-bond donors (Lipinski definition) is 16. The van der Waals surface area contributed by atoms with Crippen LogP contribution in [0.1, 0.15) is 86.6 Å². The van der Waals surface area contributed by atoms with Crippen LogP contribution in [0.3, 0.4) is 0 Å². The number of hydrogen-bond acceptors (Lipinski definition) is 23. The summed E-state index contributed by atoms with van der Waals surface area (Å²) < 4.78 is 56.3. The van der Waals surface area contributed by atoms with Gasteiger partial charge in [-0.3, -0.25) is 81.5 Å². The van der Waals surface area contributed by atoms with Crippen molar-refractivity contribution in [3.05, 3.63) is 173 Å². The summed E-state index contributed by atoms with van der Waals surface area (Å²) in [5.41, 5.74) is 18.9. The van der Waals surface area contributed by atoms with Gasteiger partial charge < -0.3 is 119 Å². The Morgan fingerprint density at radius 3 is 1.74 bits per heavy atom. The fourth-order valence-electron chi connectivity index (χ4n) is 16.0. The lowest BCUT2D eigenvalue weighted by atomic mass is 9.98. The third kappa shape index (κ3) is 29.5. The number of nitrogens with zero attached hydrogens (tertiary/aromatic N) is 5. The Labute approximate surface area is 779 Å². The maximum atomic E-state index is 15.7. The van der Waals surface area contributed by atoms with E-state index < -0.39 is 284 Å². The number of carboxylic acids is 1. The number of thioether (sulfide) groups is 1. The predicted molar refractivity (Wildman–Crippen MR) is 482 cm³/mol. The summed E-state index contributed by atoms with van der Waals surface area (Å²) in [6.45, 7) is 0.0580. The third-order valence-electron chi connectivity index (χ3n) is 23.3. The number of aliphatic hydroxyl groups is 1. The number of halogens is 3. The highest BCUT2D eigenvalue weighted by Crippen LogP contribution is 2.28. The number of aromatic hydroxyl groups is 1. The SMILES string of the molecule is COCC[C@H]1C(=O)N2C[C@@H](O)C[C@@H]2C(=O)N[C@@H](CC(=O)O)C(=O)N[C@@H](C(C)C)C(=O)N(C)[C@@H](Cc2ccccc2)C(=O)N[C@@H](CCC(N)=O)C(=O)N2CCOC[C@@H]2C(=O)N[C@@H](Cc2c[nH]c3ccccc23)C(=O)N[C@@H](Cc2ccc(O)cc2)C(=O)N[C@@H](CCCN)C(=O)N[C@H](C(=O)NCC(N)=O)CSCC(=O)N[C@@H](Cc2cc(F)c(F)c(F)c2)C(=O)N(C)[C@@H](Cc2ccccc2)C(=O)N1C. The van der Waals surface area contributed by atoms with Crippen molar-refractivity contribution in [2.75, 3.05) is 85.8 Å². The molecule has 0 unspecified atom stereocenters. The topological polar surface area (TPSA) is 588 Å². The minimum Gasteiger partial charge on any atom is -0.508 e. The molecular weight excluding hydrogens is 1790 g/mol. The van der Waals surface area contributed by atoms with E-state index in [1.807, 2.05) is 0 Å². The average molecular weight is 1900 g/mol. The lowest BCUT2D eigenvalue weighted by Crippen LogP contribution is -2.64. The minimum atomic E-state index is -2.08. The fourth-order valence-corrected chi connectivity index (χ4v) is 16.8. The number of carbonyl (C=O) groups excluding carboxylic acids is 16. The van der Waals surface area contributed by atoms with Crippen LogP contribution < -0.4 is 65.1 Å². The number of fused-ring (bicyclic) bond motifs is 3. The van der Waals surface area contributed by atoms with E-state index in [0.29, 0.717) is 57.1 Å².